The van der Waals surface area contributed by atoms with Crippen molar-refractivity contribution in [3.8, 4) is 5.69 Å². The largest absolute Gasteiger partial charge is 0.481 e. The third-order valence-electron chi connectivity index (χ3n) is 2.32. The summed E-state index contributed by atoms with van der Waals surface area (Å²) in [6, 6.07) is 5.22. The van der Waals surface area contributed by atoms with Gasteiger partial charge in [0.15, 0.2) is 11.0 Å². The lowest BCUT2D eigenvalue weighted by molar-refractivity contribution is -0.133. The number of carbonyl (C=O) groups is 1. The van der Waals surface area contributed by atoms with E-state index in [0.29, 0.717) is 21.7 Å². The van der Waals surface area contributed by atoms with Crippen molar-refractivity contribution in [2.24, 2.45) is 0 Å². The normalized spacial score (nSPS) is 10.8. The SMILES string of the molecule is O=C(O)CSc1nnc(CO)n1-c1ccc(Br)cc1Cl. The number of aliphatic hydroxyl groups excluding tert-OH is 1. The number of thioether (sulfide) groups is 1. The Morgan fingerprint density at radius 3 is 2.80 bits per heavy atom. The van der Waals surface area contributed by atoms with Crippen LogP contribution in [-0.2, 0) is 11.4 Å². The van der Waals surface area contributed by atoms with Crippen LogP contribution in [0.2, 0.25) is 5.02 Å². The molecule has 0 aliphatic carbocycles. The molecule has 20 heavy (non-hydrogen) atoms. The van der Waals surface area contributed by atoms with Crippen LogP contribution in [0.25, 0.3) is 5.69 Å². The molecule has 0 spiro atoms. The number of benzene rings is 1. The lowest BCUT2D eigenvalue weighted by Gasteiger charge is -2.10. The van der Waals surface area contributed by atoms with E-state index in [1.165, 1.54) is 0 Å². The second-order valence-corrected chi connectivity index (χ2v) is 5.94. The van der Waals surface area contributed by atoms with E-state index in [4.69, 9.17) is 16.7 Å². The van der Waals surface area contributed by atoms with Crippen molar-refractivity contribution < 1.29 is 15.0 Å². The molecule has 2 N–H and O–H groups in total. The Kier molecular flexibility index (Phi) is 5.03. The summed E-state index contributed by atoms with van der Waals surface area (Å²) in [6.45, 7) is -0.326. The summed E-state index contributed by atoms with van der Waals surface area (Å²) in [5.41, 5.74) is 0.580. The maximum atomic E-state index is 10.6. The Bertz CT molecular complexity index is 650. The minimum atomic E-state index is -0.961. The second-order valence-electron chi connectivity index (χ2n) is 3.67. The topological polar surface area (TPSA) is 88.2 Å². The summed E-state index contributed by atoms with van der Waals surface area (Å²) >= 11 is 10.5. The highest BCUT2D eigenvalue weighted by Gasteiger charge is 2.17. The van der Waals surface area contributed by atoms with Gasteiger partial charge < -0.3 is 10.2 Å². The molecule has 2 aromatic rings. The monoisotopic (exact) mass is 377 g/mol. The van der Waals surface area contributed by atoms with Gasteiger partial charge in [-0.3, -0.25) is 9.36 Å². The van der Waals surface area contributed by atoms with Crippen molar-refractivity contribution in [3.63, 3.8) is 0 Å². The van der Waals surface area contributed by atoms with Crippen molar-refractivity contribution in [1.29, 1.82) is 0 Å². The van der Waals surface area contributed by atoms with Gasteiger partial charge in [-0.2, -0.15) is 0 Å². The average Bonchev–Trinajstić information content (AvgIpc) is 2.79. The molecule has 0 atom stereocenters. The molecule has 0 amide bonds. The average molecular weight is 379 g/mol. The van der Waals surface area contributed by atoms with E-state index in [2.05, 4.69) is 26.1 Å². The van der Waals surface area contributed by atoms with Crippen molar-refractivity contribution >= 4 is 45.3 Å². The summed E-state index contributed by atoms with van der Waals surface area (Å²) < 4.78 is 2.35. The standard InChI is InChI=1S/C11H9BrClN3O3S/c12-6-1-2-8(7(13)3-6)16-9(4-17)14-15-11(16)20-5-10(18)19/h1-3,17H,4-5H2,(H,18,19). The smallest absolute Gasteiger partial charge is 0.313 e. The first-order chi connectivity index (χ1) is 9.52. The Morgan fingerprint density at radius 2 is 2.20 bits per heavy atom. The Balaban J connectivity index is 2.47. The molecule has 0 aliphatic heterocycles. The number of aliphatic carboxylic acids is 1. The molecular formula is C11H9BrClN3O3S. The third-order valence-corrected chi connectivity index (χ3v) is 4.03. The van der Waals surface area contributed by atoms with E-state index in [1.807, 2.05) is 0 Å². The van der Waals surface area contributed by atoms with E-state index >= 15 is 0 Å². The zero-order valence-electron chi connectivity index (χ0n) is 9.95. The van der Waals surface area contributed by atoms with Gasteiger partial charge in [0, 0.05) is 4.47 Å². The lowest BCUT2D eigenvalue weighted by Crippen LogP contribution is -2.05. The van der Waals surface area contributed by atoms with Crippen LogP contribution in [0.4, 0.5) is 0 Å². The second kappa shape index (κ2) is 6.57. The molecule has 6 nitrogen and oxygen atoms in total. The highest BCUT2D eigenvalue weighted by molar-refractivity contribution is 9.10. The highest BCUT2D eigenvalue weighted by Crippen LogP contribution is 2.29. The first-order valence-electron chi connectivity index (χ1n) is 5.38. The molecule has 1 heterocycles. The molecule has 9 heteroatoms. The fourth-order valence-electron chi connectivity index (χ4n) is 1.53. The molecule has 0 radical (unpaired) electrons. The molecule has 1 aromatic heterocycles. The predicted octanol–water partition coefficient (Wildman–Crippen LogP) is 2.35. The van der Waals surface area contributed by atoms with Crippen LogP contribution < -0.4 is 0 Å². The molecule has 0 saturated carbocycles. The van der Waals surface area contributed by atoms with Gasteiger partial charge >= 0.3 is 5.97 Å². The zero-order valence-corrected chi connectivity index (χ0v) is 13.1. The van der Waals surface area contributed by atoms with E-state index < -0.39 is 5.97 Å². The van der Waals surface area contributed by atoms with Gasteiger partial charge in [-0.05, 0) is 18.2 Å². The zero-order chi connectivity index (χ0) is 14.7. The number of nitrogens with zero attached hydrogens (tertiary/aromatic N) is 3. The molecule has 0 unspecified atom stereocenters. The first-order valence-corrected chi connectivity index (χ1v) is 7.53. The lowest BCUT2D eigenvalue weighted by atomic mass is 10.3. The van der Waals surface area contributed by atoms with Crippen molar-refractivity contribution in [3.05, 3.63) is 33.5 Å². The van der Waals surface area contributed by atoms with Crippen LogP contribution in [0.15, 0.2) is 27.8 Å². The fourth-order valence-corrected chi connectivity index (χ4v) is 2.97. The van der Waals surface area contributed by atoms with Gasteiger partial charge in [-0.25, -0.2) is 0 Å². The van der Waals surface area contributed by atoms with E-state index in [-0.39, 0.29) is 12.4 Å². The van der Waals surface area contributed by atoms with Crippen LogP contribution >= 0.6 is 39.3 Å². The summed E-state index contributed by atoms with van der Waals surface area (Å²) in [5.74, 6) is -0.823. The van der Waals surface area contributed by atoms with Crippen LogP contribution in [-0.4, -0.2) is 36.7 Å². The Labute approximate surface area is 131 Å². The highest BCUT2D eigenvalue weighted by atomic mass is 79.9. The van der Waals surface area contributed by atoms with Gasteiger partial charge in [0.25, 0.3) is 0 Å². The Morgan fingerprint density at radius 1 is 1.45 bits per heavy atom. The number of carboxylic acid groups (broad SMARTS) is 1. The summed E-state index contributed by atoms with van der Waals surface area (Å²) in [7, 11) is 0. The minimum absolute atomic E-state index is 0.155. The number of aliphatic hydroxyl groups is 1. The summed E-state index contributed by atoms with van der Waals surface area (Å²) in [6.07, 6.45) is 0. The molecule has 0 saturated heterocycles. The minimum Gasteiger partial charge on any atom is -0.481 e. The molecule has 0 bridgehead atoms. The maximum absolute atomic E-state index is 10.6. The maximum Gasteiger partial charge on any atom is 0.313 e. The van der Waals surface area contributed by atoms with Crippen molar-refractivity contribution in [2.75, 3.05) is 5.75 Å². The van der Waals surface area contributed by atoms with Gasteiger partial charge in [-0.15, -0.1) is 10.2 Å². The third kappa shape index (κ3) is 3.32. The quantitative estimate of drug-likeness (QED) is 0.777. The van der Waals surface area contributed by atoms with Crippen molar-refractivity contribution in [2.45, 2.75) is 11.8 Å². The first kappa shape index (κ1) is 15.3. The predicted molar refractivity (Wildman–Crippen MR) is 78.4 cm³/mol. The van der Waals surface area contributed by atoms with Gasteiger partial charge in [0.1, 0.15) is 6.61 Å². The van der Waals surface area contributed by atoms with Gasteiger partial charge in [0.05, 0.1) is 16.5 Å². The fraction of sp³-hybridized carbons (Fsp3) is 0.182. The molecule has 0 aliphatic rings. The number of carboxylic acids is 1. The molecule has 2 rings (SSSR count). The van der Waals surface area contributed by atoms with Crippen LogP contribution in [0, 0.1) is 0 Å². The van der Waals surface area contributed by atoms with Crippen LogP contribution in [0.3, 0.4) is 0 Å². The molecule has 1 aromatic carbocycles. The summed E-state index contributed by atoms with van der Waals surface area (Å²) in [5, 5.41) is 26.6. The van der Waals surface area contributed by atoms with Gasteiger partial charge in [0.2, 0.25) is 0 Å². The van der Waals surface area contributed by atoms with E-state index in [1.54, 1.807) is 22.8 Å². The van der Waals surface area contributed by atoms with Crippen LogP contribution in [0.5, 0.6) is 0 Å². The van der Waals surface area contributed by atoms with E-state index in [0.717, 1.165) is 16.2 Å². The molecule has 0 fully saturated rings. The van der Waals surface area contributed by atoms with Crippen LogP contribution in [0.1, 0.15) is 5.82 Å². The van der Waals surface area contributed by atoms with Crippen molar-refractivity contribution in [1.82, 2.24) is 14.8 Å². The molecule has 106 valence electrons. The number of rotatable bonds is 5. The number of hydrogen-bond acceptors (Lipinski definition) is 5. The number of hydrogen-bond donors (Lipinski definition) is 2. The Hall–Kier alpha value is -1.09. The summed E-state index contributed by atoms with van der Waals surface area (Å²) in [4.78, 5) is 10.6. The molecular weight excluding hydrogens is 370 g/mol. The number of halogens is 2. The van der Waals surface area contributed by atoms with E-state index in [9.17, 15) is 9.90 Å². The van der Waals surface area contributed by atoms with Gasteiger partial charge in [-0.1, -0.05) is 39.3 Å². The number of aromatic nitrogens is 3.